The van der Waals surface area contributed by atoms with Crippen molar-refractivity contribution in [2.45, 2.75) is 27.3 Å². The molecule has 0 saturated carbocycles. The van der Waals surface area contributed by atoms with Crippen molar-refractivity contribution in [2.75, 3.05) is 25.5 Å². The number of anilines is 1. The number of nitro groups is 1. The third-order valence-electron chi connectivity index (χ3n) is 4.38. The van der Waals surface area contributed by atoms with Crippen LogP contribution in [0.1, 0.15) is 23.6 Å². The Morgan fingerprint density at radius 3 is 2.44 bits per heavy atom. The number of carbonyl (C=O) groups is 1. The van der Waals surface area contributed by atoms with E-state index in [1.807, 2.05) is 45.2 Å². The number of benzene rings is 2. The number of amides is 1. The lowest BCUT2D eigenvalue weighted by Gasteiger charge is -2.15. The van der Waals surface area contributed by atoms with E-state index in [-0.39, 0.29) is 23.8 Å². The molecule has 7 nitrogen and oxygen atoms in total. The zero-order valence-corrected chi connectivity index (χ0v) is 16.2. The molecule has 0 saturated heterocycles. The summed E-state index contributed by atoms with van der Waals surface area (Å²) in [6, 6.07) is 10.9. The standard InChI is InChI=1S/C20H25N3O4/c1-5-27-17-9-7-16(8-10-17)12-22(4)13-19(24)21-20-15(3)14(2)6-11-18(20)23(25)26/h6-11H,5,12-13H2,1-4H3,(H,21,24)/p+1. The molecule has 144 valence electrons. The molecule has 1 amide bonds. The smallest absolute Gasteiger partial charge is 0.293 e. The third kappa shape index (κ3) is 5.52. The van der Waals surface area contributed by atoms with Crippen LogP contribution in [0.4, 0.5) is 11.4 Å². The lowest BCUT2D eigenvalue weighted by molar-refractivity contribution is -0.885. The van der Waals surface area contributed by atoms with E-state index in [4.69, 9.17) is 4.74 Å². The van der Waals surface area contributed by atoms with Crippen LogP contribution in [-0.4, -0.2) is 31.0 Å². The van der Waals surface area contributed by atoms with Crippen molar-refractivity contribution in [1.29, 1.82) is 0 Å². The number of nitro benzene ring substituents is 1. The zero-order valence-electron chi connectivity index (χ0n) is 16.2. The molecular weight excluding hydrogens is 346 g/mol. The maximum atomic E-state index is 12.4. The topological polar surface area (TPSA) is 85.9 Å². The Bertz CT molecular complexity index is 819. The summed E-state index contributed by atoms with van der Waals surface area (Å²) in [5.74, 6) is 0.564. The van der Waals surface area contributed by atoms with E-state index >= 15 is 0 Å². The SMILES string of the molecule is CCOc1ccc(C[NH+](C)CC(=O)Nc2c([N+](=O)[O-])ccc(C)c2C)cc1. The van der Waals surface area contributed by atoms with Crippen molar-refractivity contribution in [1.82, 2.24) is 0 Å². The molecule has 1 atom stereocenters. The average Bonchev–Trinajstić information content (AvgIpc) is 2.60. The van der Waals surface area contributed by atoms with E-state index in [9.17, 15) is 14.9 Å². The highest BCUT2D eigenvalue weighted by Crippen LogP contribution is 2.29. The van der Waals surface area contributed by atoms with Crippen LogP contribution in [0.25, 0.3) is 0 Å². The first kappa shape index (κ1) is 20.4. The predicted molar refractivity (Wildman–Crippen MR) is 104 cm³/mol. The van der Waals surface area contributed by atoms with Crippen LogP contribution in [0.15, 0.2) is 36.4 Å². The van der Waals surface area contributed by atoms with Crippen LogP contribution < -0.4 is 15.0 Å². The molecule has 0 bridgehead atoms. The van der Waals surface area contributed by atoms with Gasteiger partial charge in [0.05, 0.1) is 18.6 Å². The maximum absolute atomic E-state index is 12.4. The first-order valence-corrected chi connectivity index (χ1v) is 8.89. The van der Waals surface area contributed by atoms with Gasteiger partial charge in [-0.3, -0.25) is 14.9 Å². The number of hydrogen-bond acceptors (Lipinski definition) is 4. The lowest BCUT2D eigenvalue weighted by Crippen LogP contribution is -3.08. The molecule has 0 radical (unpaired) electrons. The molecule has 0 aliphatic heterocycles. The summed E-state index contributed by atoms with van der Waals surface area (Å²) in [4.78, 5) is 24.2. The Kier molecular flexibility index (Phi) is 6.90. The van der Waals surface area contributed by atoms with Gasteiger partial charge in [0.1, 0.15) is 18.0 Å². The van der Waals surface area contributed by atoms with E-state index < -0.39 is 4.92 Å². The highest BCUT2D eigenvalue weighted by molar-refractivity contribution is 5.95. The van der Waals surface area contributed by atoms with Gasteiger partial charge in [-0.2, -0.15) is 0 Å². The zero-order chi connectivity index (χ0) is 20.0. The van der Waals surface area contributed by atoms with Gasteiger partial charge in [-0.25, -0.2) is 0 Å². The number of ether oxygens (including phenoxy) is 1. The molecule has 0 spiro atoms. The van der Waals surface area contributed by atoms with Crippen molar-refractivity contribution in [3.8, 4) is 5.75 Å². The summed E-state index contributed by atoms with van der Waals surface area (Å²) in [7, 11) is 1.91. The molecule has 7 heteroatoms. The van der Waals surface area contributed by atoms with Gasteiger partial charge in [-0.1, -0.05) is 6.07 Å². The largest absolute Gasteiger partial charge is 0.494 e. The first-order chi connectivity index (χ1) is 12.8. The summed E-state index contributed by atoms with van der Waals surface area (Å²) in [5, 5.41) is 14.0. The number of hydrogen-bond donors (Lipinski definition) is 2. The van der Waals surface area contributed by atoms with Crippen LogP contribution in [0.2, 0.25) is 0 Å². The van der Waals surface area contributed by atoms with Crippen molar-refractivity contribution < 1.29 is 19.4 Å². The molecule has 2 aromatic carbocycles. The number of nitrogens with one attached hydrogen (secondary N) is 2. The Balaban J connectivity index is 2.01. The minimum atomic E-state index is -0.474. The molecule has 27 heavy (non-hydrogen) atoms. The minimum Gasteiger partial charge on any atom is -0.494 e. The quantitative estimate of drug-likeness (QED) is 0.550. The number of likely N-dealkylation sites (N-methyl/N-ethyl adjacent to an activating group) is 1. The number of carbonyl (C=O) groups excluding carboxylic acids is 1. The minimum absolute atomic E-state index is 0.0874. The second-order valence-electron chi connectivity index (χ2n) is 6.59. The molecule has 0 aliphatic carbocycles. The van der Waals surface area contributed by atoms with Crippen molar-refractivity contribution in [3.63, 3.8) is 0 Å². The predicted octanol–water partition coefficient (Wildman–Crippen LogP) is 2.26. The molecule has 0 aliphatic rings. The van der Waals surface area contributed by atoms with Gasteiger partial charge < -0.3 is 15.0 Å². The van der Waals surface area contributed by atoms with Crippen LogP contribution in [0.5, 0.6) is 5.75 Å². The summed E-state index contributed by atoms with van der Waals surface area (Å²) < 4.78 is 5.42. The van der Waals surface area contributed by atoms with Gasteiger partial charge in [-0.05, 0) is 56.2 Å². The molecule has 1 unspecified atom stereocenters. The highest BCUT2D eigenvalue weighted by atomic mass is 16.6. The summed E-state index contributed by atoms with van der Waals surface area (Å²) >= 11 is 0. The Hall–Kier alpha value is -2.93. The lowest BCUT2D eigenvalue weighted by atomic mass is 10.1. The number of quaternary nitrogens is 1. The summed E-state index contributed by atoms with van der Waals surface area (Å²) in [6.07, 6.45) is 0. The first-order valence-electron chi connectivity index (χ1n) is 8.89. The highest BCUT2D eigenvalue weighted by Gasteiger charge is 2.21. The van der Waals surface area contributed by atoms with E-state index in [1.54, 1.807) is 13.0 Å². The molecule has 0 fully saturated rings. The fourth-order valence-corrected chi connectivity index (χ4v) is 2.85. The molecule has 2 N–H and O–H groups in total. The number of rotatable bonds is 8. The molecule has 2 aromatic rings. The third-order valence-corrected chi connectivity index (χ3v) is 4.38. The number of aryl methyl sites for hydroxylation is 1. The van der Waals surface area contributed by atoms with Crippen LogP contribution in [0.3, 0.4) is 0 Å². The Morgan fingerprint density at radius 2 is 1.85 bits per heavy atom. The Morgan fingerprint density at radius 1 is 1.19 bits per heavy atom. The van der Waals surface area contributed by atoms with E-state index in [0.717, 1.165) is 21.8 Å². The van der Waals surface area contributed by atoms with E-state index in [0.29, 0.717) is 18.7 Å². The van der Waals surface area contributed by atoms with Crippen LogP contribution >= 0.6 is 0 Å². The van der Waals surface area contributed by atoms with Crippen LogP contribution in [-0.2, 0) is 11.3 Å². The Labute approximate surface area is 159 Å². The van der Waals surface area contributed by atoms with Gasteiger partial charge in [0.2, 0.25) is 0 Å². The van der Waals surface area contributed by atoms with Gasteiger partial charge in [0, 0.05) is 11.6 Å². The summed E-state index contributed by atoms with van der Waals surface area (Å²) in [5.41, 5.74) is 2.88. The van der Waals surface area contributed by atoms with Gasteiger partial charge in [0.15, 0.2) is 6.54 Å². The monoisotopic (exact) mass is 372 g/mol. The second-order valence-corrected chi connectivity index (χ2v) is 6.59. The fraction of sp³-hybridized carbons (Fsp3) is 0.350. The maximum Gasteiger partial charge on any atom is 0.293 e. The van der Waals surface area contributed by atoms with Gasteiger partial charge in [-0.15, -0.1) is 0 Å². The number of nitrogens with zero attached hydrogens (tertiary/aromatic N) is 1. The fourth-order valence-electron chi connectivity index (χ4n) is 2.85. The molecular formula is C20H26N3O4+. The van der Waals surface area contributed by atoms with Crippen molar-refractivity contribution >= 4 is 17.3 Å². The van der Waals surface area contributed by atoms with Gasteiger partial charge >= 0.3 is 0 Å². The summed E-state index contributed by atoms with van der Waals surface area (Å²) in [6.45, 7) is 7.05. The van der Waals surface area contributed by atoms with Crippen molar-refractivity contribution in [3.05, 3.63) is 63.2 Å². The molecule has 2 rings (SSSR count). The van der Waals surface area contributed by atoms with E-state index in [2.05, 4.69) is 5.32 Å². The second kappa shape index (κ2) is 9.14. The normalized spacial score (nSPS) is 11.7. The van der Waals surface area contributed by atoms with Crippen LogP contribution in [0, 0.1) is 24.0 Å². The average molecular weight is 372 g/mol. The van der Waals surface area contributed by atoms with E-state index in [1.165, 1.54) is 6.07 Å². The van der Waals surface area contributed by atoms with Crippen molar-refractivity contribution in [2.24, 2.45) is 0 Å². The molecule has 0 heterocycles. The van der Waals surface area contributed by atoms with Gasteiger partial charge in [0.25, 0.3) is 11.6 Å². The molecule has 0 aromatic heterocycles.